The van der Waals surface area contributed by atoms with Crippen LogP contribution in [0.5, 0.6) is 5.75 Å². The van der Waals surface area contributed by atoms with Gasteiger partial charge in [0.05, 0.1) is 11.9 Å². The highest BCUT2D eigenvalue weighted by Gasteiger charge is 2.49. The van der Waals surface area contributed by atoms with E-state index in [1.807, 2.05) is 6.92 Å². The molecule has 1 aromatic carbocycles. The van der Waals surface area contributed by atoms with E-state index < -0.39 is 25.1 Å². The van der Waals surface area contributed by atoms with Crippen LogP contribution in [0.4, 0.5) is 0 Å². The van der Waals surface area contributed by atoms with E-state index in [1.165, 1.54) is 10.6 Å². The van der Waals surface area contributed by atoms with Crippen LogP contribution in [0.2, 0.25) is 0 Å². The summed E-state index contributed by atoms with van der Waals surface area (Å²) >= 11 is 0. The topological polar surface area (TPSA) is 80.8 Å². The number of para-hydroxylation sites is 1. The molecule has 6 nitrogen and oxygen atoms in total. The first-order chi connectivity index (χ1) is 11.2. The van der Waals surface area contributed by atoms with Crippen molar-refractivity contribution < 1.29 is 21.6 Å². The van der Waals surface area contributed by atoms with Crippen molar-refractivity contribution in [1.82, 2.24) is 4.31 Å². The Balaban J connectivity index is 1.95. The molecule has 2 aliphatic heterocycles. The van der Waals surface area contributed by atoms with Gasteiger partial charge in [-0.3, -0.25) is 0 Å². The number of sulfone groups is 1. The molecular weight excluding hydrogens is 350 g/mol. The Hall–Kier alpha value is -1.12. The zero-order chi connectivity index (χ0) is 17.5. The molecule has 2 saturated heterocycles. The molecular formula is C16H23NO5S2. The second kappa shape index (κ2) is 6.31. The van der Waals surface area contributed by atoms with Crippen LogP contribution in [0.15, 0.2) is 29.2 Å². The van der Waals surface area contributed by atoms with E-state index in [0.717, 1.165) is 0 Å². The Bertz CT molecular complexity index is 805. The lowest BCUT2D eigenvalue weighted by Crippen LogP contribution is -2.49. The smallest absolute Gasteiger partial charge is 0.247 e. The number of ether oxygens (including phenoxy) is 1. The Morgan fingerprint density at radius 3 is 2.21 bits per heavy atom. The van der Waals surface area contributed by atoms with Gasteiger partial charge in [-0.15, -0.1) is 0 Å². The summed E-state index contributed by atoms with van der Waals surface area (Å²) in [5, 5.41) is -0.441. The Morgan fingerprint density at radius 1 is 1.08 bits per heavy atom. The van der Waals surface area contributed by atoms with Crippen molar-refractivity contribution in [3.05, 3.63) is 24.3 Å². The van der Waals surface area contributed by atoms with Crippen molar-refractivity contribution in [1.29, 1.82) is 0 Å². The van der Waals surface area contributed by atoms with Gasteiger partial charge in [-0.2, -0.15) is 4.31 Å². The summed E-state index contributed by atoms with van der Waals surface area (Å²) < 4.78 is 57.2. The van der Waals surface area contributed by atoms with Crippen molar-refractivity contribution in [2.24, 2.45) is 0 Å². The summed E-state index contributed by atoms with van der Waals surface area (Å²) in [5.41, 5.74) is 0. The minimum absolute atomic E-state index is 0.168. The Kier molecular flexibility index (Phi) is 4.65. The van der Waals surface area contributed by atoms with Crippen LogP contribution in [0.1, 0.15) is 32.6 Å². The summed E-state index contributed by atoms with van der Waals surface area (Å²) in [6, 6.07) is 6.14. The average Bonchev–Trinajstić information content (AvgIpc) is 2.78. The molecule has 0 amide bonds. The third-order valence-electron chi connectivity index (χ3n) is 4.93. The monoisotopic (exact) mass is 373 g/mol. The molecule has 0 radical (unpaired) electrons. The van der Waals surface area contributed by atoms with Gasteiger partial charge in [-0.25, -0.2) is 16.8 Å². The van der Waals surface area contributed by atoms with E-state index in [0.29, 0.717) is 38.0 Å². The van der Waals surface area contributed by atoms with Gasteiger partial charge in [0.25, 0.3) is 0 Å². The molecule has 0 aromatic heterocycles. The number of rotatable bonds is 5. The maximum Gasteiger partial charge on any atom is 0.247 e. The quantitative estimate of drug-likeness (QED) is 0.786. The molecule has 0 aliphatic carbocycles. The molecule has 2 unspecified atom stereocenters. The lowest BCUT2D eigenvalue weighted by molar-refractivity contribution is 0.247. The largest absolute Gasteiger partial charge is 0.492 e. The first kappa shape index (κ1) is 17.7. The van der Waals surface area contributed by atoms with Crippen LogP contribution >= 0.6 is 0 Å². The van der Waals surface area contributed by atoms with Crippen LogP contribution in [0, 0.1) is 0 Å². The molecule has 3 rings (SSSR count). The van der Waals surface area contributed by atoms with Gasteiger partial charge in [0, 0.05) is 18.3 Å². The van der Waals surface area contributed by atoms with Crippen LogP contribution in [-0.4, -0.2) is 51.3 Å². The fraction of sp³-hybridized carbons (Fsp3) is 0.625. The first-order valence-corrected chi connectivity index (χ1v) is 11.6. The summed E-state index contributed by atoms with van der Waals surface area (Å²) in [6.45, 7) is 2.19. The number of benzene rings is 1. The van der Waals surface area contributed by atoms with Gasteiger partial charge < -0.3 is 4.74 Å². The van der Waals surface area contributed by atoms with Gasteiger partial charge in [0.2, 0.25) is 10.0 Å². The van der Waals surface area contributed by atoms with Crippen LogP contribution in [0.25, 0.3) is 0 Å². The molecule has 2 aliphatic rings. The van der Waals surface area contributed by atoms with Gasteiger partial charge in [0.15, 0.2) is 0 Å². The lowest BCUT2D eigenvalue weighted by Gasteiger charge is -2.37. The number of fused-ring (bicyclic) bond motifs is 2. The van der Waals surface area contributed by atoms with Gasteiger partial charge in [0.1, 0.15) is 20.5 Å². The second-order valence-electron chi connectivity index (χ2n) is 6.52. The van der Waals surface area contributed by atoms with E-state index in [-0.39, 0.29) is 17.0 Å². The minimum Gasteiger partial charge on any atom is -0.492 e. The number of sulfonamides is 1. The maximum atomic E-state index is 13.2. The van der Waals surface area contributed by atoms with Gasteiger partial charge in [-0.1, -0.05) is 12.1 Å². The summed E-state index contributed by atoms with van der Waals surface area (Å²) in [6.07, 6.45) is 3.43. The van der Waals surface area contributed by atoms with Crippen molar-refractivity contribution >= 4 is 19.9 Å². The molecule has 0 saturated carbocycles. The standard InChI is InChI=1S/C16H23NO5S2/c1-3-22-15-6-4-5-7-16(15)24(20,21)17-12-8-9-13(17)11-14(10-12)23(2,18)19/h4-7,12-14H,3,8-11H2,1-2H3. The highest BCUT2D eigenvalue weighted by Crippen LogP contribution is 2.42. The SMILES string of the molecule is CCOc1ccccc1S(=O)(=O)N1C2CCC1CC(S(C)(=O)=O)C2. The number of nitrogens with zero attached hydrogens (tertiary/aromatic N) is 1. The highest BCUT2D eigenvalue weighted by atomic mass is 32.2. The molecule has 2 heterocycles. The van der Waals surface area contributed by atoms with E-state index in [2.05, 4.69) is 0 Å². The number of piperidine rings is 1. The molecule has 0 N–H and O–H groups in total. The van der Waals surface area contributed by atoms with Gasteiger partial charge >= 0.3 is 0 Å². The molecule has 2 atom stereocenters. The number of hydrogen-bond donors (Lipinski definition) is 0. The molecule has 24 heavy (non-hydrogen) atoms. The molecule has 8 heteroatoms. The third-order valence-corrected chi connectivity index (χ3v) is 8.57. The average molecular weight is 373 g/mol. The van der Waals surface area contributed by atoms with Crippen molar-refractivity contribution in [2.75, 3.05) is 12.9 Å². The van der Waals surface area contributed by atoms with Crippen molar-refractivity contribution in [2.45, 2.75) is 54.8 Å². The van der Waals surface area contributed by atoms with Crippen molar-refractivity contribution in [3.8, 4) is 5.75 Å². The molecule has 2 fully saturated rings. The van der Waals surface area contributed by atoms with E-state index in [9.17, 15) is 16.8 Å². The Labute approximate surface area is 143 Å². The molecule has 2 bridgehead atoms. The normalized spacial score (nSPS) is 28.0. The molecule has 134 valence electrons. The van der Waals surface area contributed by atoms with Crippen LogP contribution in [-0.2, 0) is 19.9 Å². The molecule has 0 spiro atoms. The van der Waals surface area contributed by atoms with Gasteiger partial charge in [-0.05, 0) is 44.7 Å². The first-order valence-electron chi connectivity index (χ1n) is 8.19. The lowest BCUT2D eigenvalue weighted by atomic mass is 10.1. The Morgan fingerprint density at radius 2 is 1.67 bits per heavy atom. The van der Waals surface area contributed by atoms with Crippen LogP contribution in [0.3, 0.4) is 0 Å². The summed E-state index contributed by atoms with van der Waals surface area (Å²) in [4.78, 5) is 0.168. The van der Waals surface area contributed by atoms with E-state index in [4.69, 9.17) is 4.74 Å². The summed E-state index contributed by atoms with van der Waals surface area (Å²) in [5.74, 6) is 0.352. The third kappa shape index (κ3) is 3.07. The second-order valence-corrected chi connectivity index (χ2v) is 10.7. The van der Waals surface area contributed by atoms with E-state index >= 15 is 0 Å². The fourth-order valence-electron chi connectivity index (χ4n) is 3.88. The predicted octanol–water partition coefficient (Wildman–Crippen LogP) is 1.81. The predicted molar refractivity (Wildman–Crippen MR) is 91.3 cm³/mol. The van der Waals surface area contributed by atoms with E-state index in [1.54, 1.807) is 24.3 Å². The maximum absolute atomic E-state index is 13.2. The minimum atomic E-state index is -3.71. The van der Waals surface area contributed by atoms with Crippen molar-refractivity contribution in [3.63, 3.8) is 0 Å². The highest BCUT2D eigenvalue weighted by molar-refractivity contribution is 7.91. The fourth-order valence-corrected chi connectivity index (χ4v) is 7.05. The summed E-state index contributed by atoms with van der Waals surface area (Å²) in [7, 11) is -6.85. The van der Waals surface area contributed by atoms with Crippen LogP contribution < -0.4 is 4.74 Å². The number of hydrogen-bond acceptors (Lipinski definition) is 5. The molecule has 1 aromatic rings. The zero-order valence-corrected chi connectivity index (χ0v) is 15.5. The zero-order valence-electron chi connectivity index (χ0n) is 13.9.